The number of hydrogen-bond donors (Lipinski definition) is 2. The van der Waals surface area contributed by atoms with Crippen molar-refractivity contribution < 1.29 is 0 Å². The van der Waals surface area contributed by atoms with E-state index >= 15 is 0 Å². The quantitative estimate of drug-likeness (QED) is 0.869. The third-order valence-electron chi connectivity index (χ3n) is 3.22. The lowest BCUT2D eigenvalue weighted by Gasteiger charge is -2.07. The predicted molar refractivity (Wildman–Crippen MR) is 73.1 cm³/mol. The molecule has 0 atom stereocenters. The minimum Gasteiger partial charge on any atom is -0.326 e. The average molecular weight is 245 g/mol. The lowest BCUT2D eigenvalue weighted by atomic mass is 10.0. The van der Waals surface area contributed by atoms with Gasteiger partial charge in [-0.1, -0.05) is 26.0 Å². The van der Waals surface area contributed by atoms with Crippen LogP contribution in [0.3, 0.4) is 0 Å². The number of H-pyrrole nitrogens is 1. The molecule has 0 radical (unpaired) electrons. The highest BCUT2D eigenvalue weighted by molar-refractivity contribution is 5.36. The summed E-state index contributed by atoms with van der Waals surface area (Å²) in [6.07, 6.45) is 0. The highest BCUT2D eigenvalue weighted by Gasteiger charge is 2.10. The van der Waals surface area contributed by atoms with E-state index < -0.39 is 0 Å². The SMILES string of the molecule is Cc1[nH]n(-c2ccc(C(C)C)cc2)c(=O)c1CN. The number of aromatic nitrogens is 2. The summed E-state index contributed by atoms with van der Waals surface area (Å²) in [4.78, 5) is 12.1. The maximum absolute atomic E-state index is 12.1. The summed E-state index contributed by atoms with van der Waals surface area (Å²) in [5.74, 6) is 0.487. The van der Waals surface area contributed by atoms with Gasteiger partial charge in [-0.05, 0) is 30.5 Å². The first kappa shape index (κ1) is 12.6. The molecule has 18 heavy (non-hydrogen) atoms. The fourth-order valence-corrected chi connectivity index (χ4v) is 2.01. The van der Waals surface area contributed by atoms with Crippen molar-refractivity contribution in [1.82, 2.24) is 9.78 Å². The second-order valence-corrected chi connectivity index (χ2v) is 4.81. The van der Waals surface area contributed by atoms with E-state index in [4.69, 9.17) is 5.73 Å². The summed E-state index contributed by atoms with van der Waals surface area (Å²) in [7, 11) is 0. The van der Waals surface area contributed by atoms with Crippen molar-refractivity contribution in [1.29, 1.82) is 0 Å². The highest BCUT2D eigenvalue weighted by atomic mass is 16.1. The fraction of sp³-hybridized carbons (Fsp3) is 0.357. The Kier molecular flexibility index (Phi) is 3.39. The normalized spacial score (nSPS) is 11.2. The van der Waals surface area contributed by atoms with E-state index in [-0.39, 0.29) is 12.1 Å². The Morgan fingerprint density at radius 3 is 2.33 bits per heavy atom. The summed E-state index contributed by atoms with van der Waals surface area (Å²) < 4.78 is 1.54. The zero-order valence-electron chi connectivity index (χ0n) is 11.0. The Morgan fingerprint density at radius 2 is 1.89 bits per heavy atom. The fourth-order valence-electron chi connectivity index (χ4n) is 2.01. The smallest absolute Gasteiger partial charge is 0.275 e. The van der Waals surface area contributed by atoms with Crippen LogP contribution in [0.4, 0.5) is 0 Å². The van der Waals surface area contributed by atoms with Crippen molar-refractivity contribution in [3.05, 3.63) is 51.4 Å². The lowest BCUT2D eigenvalue weighted by Crippen LogP contribution is -2.19. The topological polar surface area (TPSA) is 63.8 Å². The maximum atomic E-state index is 12.1. The zero-order chi connectivity index (χ0) is 13.3. The molecule has 96 valence electrons. The van der Waals surface area contributed by atoms with E-state index in [1.807, 2.05) is 31.2 Å². The van der Waals surface area contributed by atoms with Crippen LogP contribution in [0.15, 0.2) is 29.1 Å². The predicted octanol–water partition coefficient (Wildman–Crippen LogP) is 2.06. The largest absolute Gasteiger partial charge is 0.326 e. The molecule has 1 aromatic carbocycles. The molecule has 0 fully saturated rings. The summed E-state index contributed by atoms with van der Waals surface area (Å²) >= 11 is 0. The molecule has 0 aliphatic rings. The summed E-state index contributed by atoms with van der Waals surface area (Å²) in [5, 5.41) is 3.05. The van der Waals surface area contributed by atoms with Crippen LogP contribution < -0.4 is 11.3 Å². The monoisotopic (exact) mass is 245 g/mol. The molecular formula is C14H19N3O. The van der Waals surface area contributed by atoms with Gasteiger partial charge in [0.05, 0.1) is 11.3 Å². The Balaban J connectivity index is 2.46. The third-order valence-corrected chi connectivity index (χ3v) is 3.22. The van der Waals surface area contributed by atoms with Crippen molar-refractivity contribution in [2.75, 3.05) is 0 Å². The van der Waals surface area contributed by atoms with E-state index in [2.05, 4.69) is 18.9 Å². The van der Waals surface area contributed by atoms with Gasteiger partial charge in [-0.25, -0.2) is 4.68 Å². The van der Waals surface area contributed by atoms with Gasteiger partial charge >= 0.3 is 0 Å². The van der Waals surface area contributed by atoms with Gasteiger partial charge in [0.15, 0.2) is 0 Å². The molecule has 4 heteroatoms. The van der Waals surface area contributed by atoms with E-state index in [0.717, 1.165) is 11.4 Å². The van der Waals surface area contributed by atoms with Gasteiger partial charge in [-0.3, -0.25) is 9.89 Å². The van der Waals surface area contributed by atoms with Crippen LogP contribution in [0, 0.1) is 6.92 Å². The lowest BCUT2D eigenvalue weighted by molar-refractivity contribution is 0.826. The maximum Gasteiger partial charge on any atom is 0.275 e. The second kappa shape index (κ2) is 4.82. The minimum atomic E-state index is -0.0627. The number of nitrogens with two attached hydrogens (primary N) is 1. The first-order valence-corrected chi connectivity index (χ1v) is 6.15. The van der Waals surface area contributed by atoms with Crippen LogP contribution in [-0.2, 0) is 6.54 Å². The van der Waals surface area contributed by atoms with Gasteiger partial charge in [-0.15, -0.1) is 0 Å². The molecule has 2 aromatic rings. The number of rotatable bonds is 3. The van der Waals surface area contributed by atoms with E-state index in [1.54, 1.807) is 4.68 Å². The summed E-state index contributed by atoms with van der Waals surface area (Å²) in [6.45, 7) is 6.42. The van der Waals surface area contributed by atoms with Crippen LogP contribution in [0.2, 0.25) is 0 Å². The van der Waals surface area contributed by atoms with Crippen molar-refractivity contribution >= 4 is 0 Å². The number of benzene rings is 1. The Hall–Kier alpha value is -1.81. The number of hydrogen-bond acceptors (Lipinski definition) is 2. The van der Waals surface area contributed by atoms with Crippen molar-refractivity contribution in [2.24, 2.45) is 5.73 Å². The van der Waals surface area contributed by atoms with Crippen LogP contribution in [-0.4, -0.2) is 9.78 Å². The first-order valence-electron chi connectivity index (χ1n) is 6.15. The molecule has 0 saturated heterocycles. The highest BCUT2D eigenvalue weighted by Crippen LogP contribution is 2.16. The van der Waals surface area contributed by atoms with Crippen molar-refractivity contribution in [3.8, 4) is 5.69 Å². The Morgan fingerprint density at radius 1 is 1.28 bits per heavy atom. The Labute approximate surface area is 106 Å². The summed E-state index contributed by atoms with van der Waals surface area (Å²) in [5.41, 5.74) is 9.08. The van der Waals surface area contributed by atoms with Gasteiger partial charge in [0.2, 0.25) is 0 Å². The molecule has 0 saturated carbocycles. The van der Waals surface area contributed by atoms with E-state index in [0.29, 0.717) is 11.5 Å². The number of aromatic amines is 1. The average Bonchev–Trinajstić information content (AvgIpc) is 2.64. The van der Waals surface area contributed by atoms with Crippen LogP contribution in [0.25, 0.3) is 5.69 Å². The molecule has 0 aliphatic carbocycles. The van der Waals surface area contributed by atoms with Crippen molar-refractivity contribution in [3.63, 3.8) is 0 Å². The molecule has 1 aromatic heterocycles. The molecule has 0 unspecified atom stereocenters. The molecular weight excluding hydrogens is 226 g/mol. The van der Waals surface area contributed by atoms with Crippen LogP contribution in [0.1, 0.15) is 36.6 Å². The van der Waals surface area contributed by atoms with Crippen LogP contribution in [0.5, 0.6) is 0 Å². The minimum absolute atomic E-state index is 0.0627. The van der Waals surface area contributed by atoms with Gasteiger partial charge in [0.25, 0.3) is 5.56 Å². The second-order valence-electron chi connectivity index (χ2n) is 4.81. The van der Waals surface area contributed by atoms with Gasteiger partial charge in [-0.2, -0.15) is 0 Å². The van der Waals surface area contributed by atoms with E-state index in [9.17, 15) is 4.79 Å². The number of nitrogens with zero attached hydrogens (tertiary/aromatic N) is 1. The number of nitrogens with one attached hydrogen (secondary N) is 1. The molecule has 1 heterocycles. The zero-order valence-corrected chi connectivity index (χ0v) is 11.0. The molecule has 0 amide bonds. The number of aryl methyl sites for hydroxylation is 1. The standard InChI is InChI=1S/C14H19N3O/c1-9(2)11-4-6-12(7-5-11)17-14(18)13(8-15)10(3)16-17/h4-7,9,16H,8,15H2,1-3H3. The van der Waals surface area contributed by atoms with Gasteiger partial charge in [0, 0.05) is 12.2 Å². The van der Waals surface area contributed by atoms with Crippen molar-refractivity contribution in [2.45, 2.75) is 33.2 Å². The Bertz CT molecular complexity index is 590. The molecule has 0 aliphatic heterocycles. The molecule has 3 N–H and O–H groups in total. The van der Waals surface area contributed by atoms with Gasteiger partial charge in [0.1, 0.15) is 0 Å². The molecule has 0 bridgehead atoms. The molecule has 4 nitrogen and oxygen atoms in total. The van der Waals surface area contributed by atoms with E-state index in [1.165, 1.54) is 5.56 Å². The van der Waals surface area contributed by atoms with Gasteiger partial charge < -0.3 is 5.73 Å². The summed E-state index contributed by atoms with van der Waals surface area (Å²) in [6, 6.07) is 8.00. The van der Waals surface area contributed by atoms with Crippen LogP contribution >= 0.6 is 0 Å². The third kappa shape index (κ3) is 2.11. The molecule has 2 rings (SSSR count). The molecule has 0 spiro atoms. The first-order chi connectivity index (χ1) is 8.54.